The highest BCUT2D eigenvalue weighted by molar-refractivity contribution is 5.94. The fraction of sp³-hybridized carbons (Fsp3) is 0.292. The van der Waals surface area contributed by atoms with Crippen LogP contribution in [-0.4, -0.2) is 41.6 Å². The number of fused-ring (bicyclic) bond motifs is 3. The standard InChI is InChI=1S/C24H22F3N5O/c25-24(26,27)17-6-7-20-16(12-17)13-19(23(33)30-18-4-2-1-3-5-18)21-15-31(10-11-32(20)21)22-14-28-8-9-29-22/h1-9,12,14,19,21H,10-11,13,15H2,(H,30,33)/t19-,21-/m0/s1. The maximum atomic E-state index is 13.4. The largest absolute Gasteiger partial charge is 0.416 e. The number of carbonyl (C=O) groups is 1. The zero-order valence-electron chi connectivity index (χ0n) is 17.7. The average molecular weight is 453 g/mol. The molecule has 0 radical (unpaired) electrons. The van der Waals surface area contributed by atoms with E-state index >= 15 is 0 Å². The second-order valence-corrected chi connectivity index (χ2v) is 8.28. The summed E-state index contributed by atoms with van der Waals surface area (Å²) in [6, 6.07) is 12.7. The molecule has 1 aromatic heterocycles. The number of nitrogens with zero attached hydrogens (tertiary/aromatic N) is 4. The van der Waals surface area contributed by atoms with Crippen LogP contribution in [0.5, 0.6) is 0 Å². The highest BCUT2D eigenvalue weighted by atomic mass is 19.4. The smallest absolute Gasteiger partial charge is 0.364 e. The summed E-state index contributed by atoms with van der Waals surface area (Å²) in [5.74, 6) is -0.0153. The molecule has 0 saturated carbocycles. The maximum Gasteiger partial charge on any atom is 0.416 e. The second kappa shape index (κ2) is 8.38. The Labute approximate surface area is 189 Å². The molecule has 0 bridgehead atoms. The molecule has 2 atom stereocenters. The van der Waals surface area contributed by atoms with E-state index < -0.39 is 17.7 Å². The quantitative estimate of drug-likeness (QED) is 0.650. The average Bonchev–Trinajstić information content (AvgIpc) is 2.83. The van der Waals surface area contributed by atoms with Crippen LogP contribution in [0.2, 0.25) is 0 Å². The van der Waals surface area contributed by atoms with Crippen LogP contribution in [-0.2, 0) is 17.4 Å². The van der Waals surface area contributed by atoms with Gasteiger partial charge >= 0.3 is 6.18 Å². The molecule has 3 heterocycles. The van der Waals surface area contributed by atoms with Crippen LogP contribution in [0.15, 0.2) is 67.1 Å². The number of alkyl halides is 3. The van der Waals surface area contributed by atoms with Gasteiger partial charge in [0.05, 0.1) is 23.7 Å². The van der Waals surface area contributed by atoms with Crippen molar-refractivity contribution in [2.75, 3.05) is 34.8 Å². The molecule has 170 valence electrons. The lowest BCUT2D eigenvalue weighted by atomic mass is 9.82. The van der Waals surface area contributed by atoms with Crippen molar-refractivity contribution in [1.29, 1.82) is 0 Å². The number of rotatable bonds is 3. The number of hydrogen-bond acceptors (Lipinski definition) is 5. The minimum atomic E-state index is -4.43. The van der Waals surface area contributed by atoms with Crippen molar-refractivity contribution in [2.45, 2.75) is 18.6 Å². The number of halogens is 3. The molecule has 2 aliphatic rings. The Hall–Kier alpha value is -3.62. The van der Waals surface area contributed by atoms with Crippen LogP contribution in [0, 0.1) is 5.92 Å². The number of aromatic nitrogens is 2. The third kappa shape index (κ3) is 4.22. The molecule has 2 aliphatic heterocycles. The van der Waals surface area contributed by atoms with E-state index in [2.05, 4.69) is 25.1 Å². The van der Waals surface area contributed by atoms with Gasteiger partial charge in [-0.2, -0.15) is 13.2 Å². The first kappa shape index (κ1) is 21.2. The van der Waals surface area contributed by atoms with Crippen molar-refractivity contribution < 1.29 is 18.0 Å². The van der Waals surface area contributed by atoms with Crippen LogP contribution in [0.4, 0.5) is 30.4 Å². The predicted octanol–water partition coefficient (Wildman–Crippen LogP) is 4.00. The first-order chi connectivity index (χ1) is 15.9. The third-order valence-corrected chi connectivity index (χ3v) is 6.29. The van der Waals surface area contributed by atoms with Gasteiger partial charge in [-0.1, -0.05) is 18.2 Å². The van der Waals surface area contributed by atoms with Gasteiger partial charge in [0, 0.05) is 43.4 Å². The normalized spacial score (nSPS) is 20.1. The summed E-state index contributed by atoms with van der Waals surface area (Å²) >= 11 is 0. The zero-order chi connectivity index (χ0) is 23.0. The first-order valence-electron chi connectivity index (χ1n) is 10.7. The maximum absolute atomic E-state index is 13.4. The lowest BCUT2D eigenvalue weighted by Gasteiger charge is -2.49. The molecular weight excluding hydrogens is 431 g/mol. The first-order valence-corrected chi connectivity index (χ1v) is 10.7. The molecular formula is C24H22F3N5O. The number of benzene rings is 2. The van der Waals surface area contributed by atoms with Crippen LogP contribution in [0.3, 0.4) is 0 Å². The molecule has 3 aromatic rings. The van der Waals surface area contributed by atoms with Gasteiger partial charge in [0.15, 0.2) is 0 Å². The molecule has 0 spiro atoms. The van der Waals surface area contributed by atoms with Gasteiger partial charge in [0.2, 0.25) is 5.91 Å². The highest BCUT2D eigenvalue weighted by Gasteiger charge is 2.43. The topological polar surface area (TPSA) is 61.4 Å². The highest BCUT2D eigenvalue weighted by Crippen LogP contribution is 2.40. The van der Waals surface area contributed by atoms with Crippen molar-refractivity contribution in [3.8, 4) is 0 Å². The Bertz CT molecular complexity index is 1140. The molecule has 0 unspecified atom stereocenters. The molecule has 1 amide bonds. The van der Waals surface area contributed by atoms with Gasteiger partial charge in [0.1, 0.15) is 5.82 Å². The summed E-state index contributed by atoms with van der Waals surface area (Å²) in [5, 5.41) is 2.94. The molecule has 2 aromatic carbocycles. The van der Waals surface area contributed by atoms with Crippen LogP contribution in [0.25, 0.3) is 0 Å². The Kier molecular flexibility index (Phi) is 5.39. The molecule has 1 saturated heterocycles. The van der Waals surface area contributed by atoms with E-state index in [1.165, 1.54) is 12.1 Å². The Balaban J connectivity index is 1.49. The molecule has 1 fully saturated rings. The van der Waals surface area contributed by atoms with Gasteiger partial charge < -0.3 is 15.1 Å². The molecule has 1 N–H and O–H groups in total. The Morgan fingerprint density at radius 2 is 1.88 bits per heavy atom. The SMILES string of the molecule is O=C(Nc1ccccc1)[C@H]1Cc2cc(C(F)(F)F)ccc2N2CCN(c3cnccn3)C[C@@H]12. The van der Waals surface area contributed by atoms with E-state index in [0.717, 1.165) is 17.6 Å². The van der Waals surface area contributed by atoms with Gasteiger partial charge in [-0.25, -0.2) is 4.98 Å². The number of carbonyl (C=O) groups excluding carboxylic acids is 1. The molecule has 9 heteroatoms. The van der Waals surface area contributed by atoms with Crippen molar-refractivity contribution >= 4 is 23.1 Å². The van der Waals surface area contributed by atoms with Gasteiger partial charge in [-0.3, -0.25) is 9.78 Å². The van der Waals surface area contributed by atoms with Crippen LogP contribution >= 0.6 is 0 Å². The van der Waals surface area contributed by atoms with Crippen LogP contribution < -0.4 is 15.1 Å². The minimum absolute atomic E-state index is 0.208. The minimum Gasteiger partial charge on any atom is -0.364 e. The summed E-state index contributed by atoms with van der Waals surface area (Å²) < 4.78 is 40.1. The zero-order valence-corrected chi connectivity index (χ0v) is 17.7. The fourth-order valence-corrected chi connectivity index (χ4v) is 4.72. The molecule has 0 aliphatic carbocycles. The number of para-hydroxylation sites is 1. The van der Waals surface area contributed by atoms with Crippen molar-refractivity contribution in [3.05, 3.63) is 78.2 Å². The summed E-state index contributed by atoms with van der Waals surface area (Å²) in [4.78, 5) is 26.0. The van der Waals surface area contributed by atoms with Crippen molar-refractivity contribution in [3.63, 3.8) is 0 Å². The van der Waals surface area contributed by atoms with Crippen molar-refractivity contribution in [2.24, 2.45) is 5.92 Å². The number of anilines is 3. The van der Waals surface area contributed by atoms with Crippen molar-refractivity contribution in [1.82, 2.24) is 9.97 Å². The van der Waals surface area contributed by atoms with Crippen LogP contribution in [0.1, 0.15) is 11.1 Å². The fourth-order valence-electron chi connectivity index (χ4n) is 4.72. The van der Waals surface area contributed by atoms with Gasteiger partial charge in [0.25, 0.3) is 0 Å². The van der Waals surface area contributed by atoms with E-state index in [4.69, 9.17) is 0 Å². The molecule has 6 nitrogen and oxygen atoms in total. The number of hydrogen-bond donors (Lipinski definition) is 1. The summed E-state index contributed by atoms with van der Waals surface area (Å²) in [6.07, 6.45) is 0.702. The number of piperazine rings is 1. The van der Waals surface area contributed by atoms with Gasteiger partial charge in [-0.15, -0.1) is 0 Å². The summed E-state index contributed by atoms with van der Waals surface area (Å²) in [5.41, 5.74) is 1.27. The Morgan fingerprint density at radius 1 is 1.06 bits per heavy atom. The summed E-state index contributed by atoms with van der Waals surface area (Å²) in [7, 11) is 0. The molecule has 33 heavy (non-hydrogen) atoms. The van der Waals surface area contributed by atoms with E-state index in [1.807, 2.05) is 18.2 Å². The summed E-state index contributed by atoms with van der Waals surface area (Å²) in [6.45, 7) is 1.71. The monoisotopic (exact) mass is 453 g/mol. The van der Waals surface area contributed by atoms with Gasteiger partial charge in [-0.05, 0) is 42.3 Å². The second-order valence-electron chi connectivity index (χ2n) is 8.28. The van der Waals surface area contributed by atoms with E-state index in [-0.39, 0.29) is 18.4 Å². The third-order valence-electron chi connectivity index (χ3n) is 6.29. The van der Waals surface area contributed by atoms with E-state index in [0.29, 0.717) is 30.9 Å². The number of amides is 1. The van der Waals surface area contributed by atoms with E-state index in [1.54, 1.807) is 30.7 Å². The molecule has 5 rings (SSSR count). The Morgan fingerprint density at radius 3 is 2.61 bits per heavy atom. The lowest BCUT2D eigenvalue weighted by Crippen LogP contribution is -2.60. The van der Waals surface area contributed by atoms with E-state index in [9.17, 15) is 18.0 Å². The number of nitrogens with one attached hydrogen (secondary N) is 1. The predicted molar refractivity (Wildman–Crippen MR) is 119 cm³/mol. The lowest BCUT2D eigenvalue weighted by molar-refractivity contribution is -0.137.